The first-order valence-corrected chi connectivity index (χ1v) is 9.31. The van der Waals surface area contributed by atoms with Crippen molar-refractivity contribution < 1.29 is 4.74 Å². The van der Waals surface area contributed by atoms with Gasteiger partial charge in [0, 0.05) is 30.4 Å². The molecule has 2 fully saturated rings. The van der Waals surface area contributed by atoms with Crippen LogP contribution >= 0.6 is 35.7 Å². The third-order valence-electron chi connectivity index (χ3n) is 4.66. The zero-order chi connectivity index (χ0) is 14.4. The Labute approximate surface area is 150 Å². The van der Waals surface area contributed by atoms with Gasteiger partial charge in [-0.2, -0.15) is 11.8 Å². The van der Waals surface area contributed by atoms with Crippen LogP contribution in [0.5, 0.6) is 0 Å². The summed E-state index contributed by atoms with van der Waals surface area (Å²) in [5.74, 6) is 2.06. The van der Waals surface area contributed by atoms with Crippen molar-refractivity contribution in [2.75, 3.05) is 31.7 Å². The third-order valence-corrected chi connectivity index (χ3v) is 5.25. The minimum atomic E-state index is 0. The molecule has 0 saturated heterocycles. The number of guanidine groups is 1. The number of hydrogen-bond acceptors (Lipinski definition) is 3. The Kier molecular flexibility index (Phi) is 8.71. The van der Waals surface area contributed by atoms with Crippen LogP contribution in [0.2, 0.25) is 0 Å². The Hall–Kier alpha value is 0.310. The molecule has 1 spiro atoms. The molecule has 124 valence electrons. The Morgan fingerprint density at radius 2 is 2.14 bits per heavy atom. The van der Waals surface area contributed by atoms with E-state index in [1.807, 2.05) is 11.8 Å². The third kappa shape index (κ3) is 4.41. The molecule has 21 heavy (non-hydrogen) atoms. The summed E-state index contributed by atoms with van der Waals surface area (Å²) in [5.41, 5.74) is 0.395. The molecule has 0 aromatic heterocycles. The van der Waals surface area contributed by atoms with Crippen LogP contribution in [0.15, 0.2) is 4.99 Å². The summed E-state index contributed by atoms with van der Waals surface area (Å²) in [7, 11) is 0. The van der Waals surface area contributed by atoms with Gasteiger partial charge in [0.2, 0.25) is 0 Å². The van der Waals surface area contributed by atoms with Crippen LogP contribution in [-0.4, -0.2) is 49.8 Å². The first-order chi connectivity index (χ1) is 9.76. The quantitative estimate of drug-likeness (QED) is 0.284. The van der Waals surface area contributed by atoms with Crippen LogP contribution in [0.4, 0.5) is 0 Å². The van der Waals surface area contributed by atoms with Crippen molar-refractivity contribution in [1.29, 1.82) is 0 Å². The smallest absolute Gasteiger partial charge is 0.191 e. The highest BCUT2D eigenvalue weighted by Gasteiger charge is 2.59. The lowest BCUT2D eigenvalue weighted by atomic mass is 9.51. The van der Waals surface area contributed by atoms with Crippen LogP contribution in [0.3, 0.4) is 0 Å². The standard InChI is InChI=1S/C15H29N3OS.HI/c1-4-16-14(17-9-10-20-3)18-12-11-13(19-5-2)15(12)7-6-8-15;/h12-13H,4-11H2,1-3H3,(H2,16,17,18);1H. The average Bonchev–Trinajstić information content (AvgIpc) is 2.35. The molecule has 0 aromatic rings. The molecule has 0 heterocycles. The molecule has 4 nitrogen and oxygen atoms in total. The van der Waals surface area contributed by atoms with Crippen LogP contribution in [0.1, 0.15) is 39.5 Å². The van der Waals surface area contributed by atoms with Gasteiger partial charge < -0.3 is 15.4 Å². The average molecular weight is 427 g/mol. The Morgan fingerprint density at radius 1 is 1.38 bits per heavy atom. The van der Waals surface area contributed by atoms with Crippen molar-refractivity contribution in [3.63, 3.8) is 0 Å². The summed E-state index contributed by atoms with van der Waals surface area (Å²) < 4.78 is 5.90. The molecule has 2 atom stereocenters. The maximum atomic E-state index is 5.90. The Morgan fingerprint density at radius 3 is 2.67 bits per heavy atom. The summed E-state index contributed by atoms with van der Waals surface area (Å²) in [6.07, 6.45) is 7.67. The van der Waals surface area contributed by atoms with Crippen LogP contribution in [0.25, 0.3) is 0 Å². The number of hydrogen-bond donors (Lipinski definition) is 2. The number of ether oxygens (including phenoxy) is 1. The molecule has 2 N–H and O–H groups in total. The highest BCUT2D eigenvalue weighted by Crippen LogP contribution is 2.57. The lowest BCUT2D eigenvalue weighted by Gasteiger charge is -2.61. The molecule has 6 heteroatoms. The van der Waals surface area contributed by atoms with Gasteiger partial charge in [0.05, 0.1) is 12.6 Å². The van der Waals surface area contributed by atoms with E-state index in [2.05, 4.69) is 35.7 Å². The molecule has 0 radical (unpaired) electrons. The second-order valence-corrected chi connectivity index (χ2v) is 6.70. The molecule has 2 unspecified atom stereocenters. The van der Waals surface area contributed by atoms with Crippen molar-refractivity contribution in [2.24, 2.45) is 10.4 Å². The predicted molar refractivity (Wildman–Crippen MR) is 103 cm³/mol. The Balaban J connectivity index is 0.00000220. The van der Waals surface area contributed by atoms with E-state index in [4.69, 9.17) is 4.74 Å². The fourth-order valence-corrected chi connectivity index (χ4v) is 3.65. The number of aliphatic imine (C=N–C) groups is 1. The van der Waals surface area contributed by atoms with E-state index < -0.39 is 0 Å². The van der Waals surface area contributed by atoms with Crippen molar-refractivity contribution in [3.05, 3.63) is 0 Å². The second kappa shape index (κ2) is 9.45. The summed E-state index contributed by atoms with van der Waals surface area (Å²) >= 11 is 1.84. The van der Waals surface area contributed by atoms with Gasteiger partial charge in [0.25, 0.3) is 0 Å². The molecule has 0 bridgehead atoms. The highest BCUT2D eigenvalue weighted by molar-refractivity contribution is 14.0. The second-order valence-electron chi connectivity index (χ2n) is 5.72. The van der Waals surface area contributed by atoms with Gasteiger partial charge in [-0.1, -0.05) is 6.42 Å². The van der Waals surface area contributed by atoms with E-state index in [1.54, 1.807) is 0 Å². The van der Waals surface area contributed by atoms with Gasteiger partial charge >= 0.3 is 0 Å². The first-order valence-electron chi connectivity index (χ1n) is 7.92. The zero-order valence-corrected chi connectivity index (χ0v) is 16.6. The SMILES string of the molecule is CCNC(=NCCSC)NC1CC(OCC)C12CCC2.I. The maximum absolute atomic E-state index is 5.90. The number of nitrogens with one attached hydrogen (secondary N) is 2. The van der Waals surface area contributed by atoms with E-state index in [9.17, 15) is 0 Å². The molecule has 2 saturated carbocycles. The highest BCUT2D eigenvalue weighted by atomic mass is 127. The fraction of sp³-hybridized carbons (Fsp3) is 0.933. The van der Waals surface area contributed by atoms with Crippen LogP contribution < -0.4 is 10.6 Å². The molecular weight excluding hydrogens is 397 g/mol. The van der Waals surface area contributed by atoms with Crippen molar-refractivity contribution in [2.45, 2.75) is 51.7 Å². The van der Waals surface area contributed by atoms with E-state index in [1.165, 1.54) is 19.3 Å². The van der Waals surface area contributed by atoms with E-state index >= 15 is 0 Å². The maximum Gasteiger partial charge on any atom is 0.191 e. The minimum absolute atomic E-state index is 0. The number of thioether (sulfide) groups is 1. The van der Waals surface area contributed by atoms with Crippen molar-refractivity contribution in [1.82, 2.24) is 10.6 Å². The van der Waals surface area contributed by atoms with Gasteiger partial charge in [-0.25, -0.2) is 0 Å². The predicted octanol–water partition coefficient (Wildman–Crippen LogP) is 2.87. The minimum Gasteiger partial charge on any atom is -0.378 e. The number of halogens is 1. The monoisotopic (exact) mass is 427 g/mol. The largest absolute Gasteiger partial charge is 0.378 e. The normalized spacial score (nSPS) is 26.5. The lowest BCUT2D eigenvalue weighted by molar-refractivity contribution is -0.168. The summed E-state index contributed by atoms with van der Waals surface area (Å²) in [5, 5.41) is 7.01. The van der Waals surface area contributed by atoms with Crippen molar-refractivity contribution >= 4 is 41.7 Å². The van der Waals surface area contributed by atoms with Crippen molar-refractivity contribution in [3.8, 4) is 0 Å². The van der Waals surface area contributed by atoms with E-state index in [-0.39, 0.29) is 24.0 Å². The number of rotatable bonds is 7. The molecule has 0 aromatic carbocycles. The topological polar surface area (TPSA) is 45.7 Å². The molecule has 0 amide bonds. The summed E-state index contributed by atoms with van der Waals surface area (Å²) in [4.78, 5) is 4.65. The van der Waals surface area contributed by atoms with E-state index in [0.29, 0.717) is 17.6 Å². The Bertz CT molecular complexity index is 337. The van der Waals surface area contributed by atoms with Crippen LogP contribution in [-0.2, 0) is 4.74 Å². The van der Waals surface area contributed by atoms with Gasteiger partial charge in [0.15, 0.2) is 5.96 Å². The molecular formula is C15H30IN3OS. The lowest BCUT2D eigenvalue weighted by Crippen LogP contribution is -2.68. The molecule has 2 rings (SSSR count). The van der Waals surface area contributed by atoms with Gasteiger partial charge in [-0.15, -0.1) is 24.0 Å². The summed E-state index contributed by atoms with van der Waals surface area (Å²) in [6.45, 7) is 6.85. The molecule has 2 aliphatic carbocycles. The van der Waals surface area contributed by atoms with Gasteiger partial charge in [-0.05, 0) is 39.4 Å². The number of nitrogens with zero attached hydrogens (tertiary/aromatic N) is 1. The fourth-order valence-electron chi connectivity index (χ4n) is 3.37. The zero-order valence-electron chi connectivity index (χ0n) is 13.5. The van der Waals surface area contributed by atoms with Gasteiger partial charge in [-0.3, -0.25) is 4.99 Å². The molecule has 2 aliphatic rings. The van der Waals surface area contributed by atoms with Crippen LogP contribution in [0, 0.1) is 5.41 Å². The molecule has 0 aliphatic heterocycles. The first kappa shape index (κ1) is 19.4. The van der Waals surface area contributed by atoms with E-state index in [0.717, 1.165) is 37.8 Å². The van der Waals surface area contributed by atoms with Gasteiger partial charge in [0.1, 0.15) is 0 Å². The summed E-state index contributed by atoms with van der Waals surface area (Å²) in [6, 6.07) is 0.542.